The molecular weight excluding hydrogens is 350 g/mol. The fourth-order valence-electron chi connectivity index (χ4n) is 6.86. The molecule has 1 aliphatic heterocycles. The van der Waals surface area contributed by atoms with Crippen molar-refractivity contribution < 1.29 is 0 Å². The molecule has 4 bridgehead atoms. The van der Waals surface area contributed by atoms with E-state index < -0.39 is 0 Å². The molecule has 1 saturated heterocycles. The Labute approximate surface area is 169 Å². The van der Waals surface area contributed by atoms with Crippen molar-refractivity contribution in [2.24, 2.45) is 23.7 Å². The average Bonchev–Trinajstić information content (AvgIpc) is 2.63. The second kappa shape index (κ2) is 7.04. The first kappa shape index (κ1) is 17.9. The number of rotatable bonds is 2. The molecule has 6 rings (SSSR count). The Morgan fingerprint density at radius 3 is 2.15 bits per heavy atom. The van der Waals surface area contributed by atoms with Gasteiger partial charge in [0.05, 0.1) is 0 Å². The molecule has 0 atom stereocenters. The third-order valence-corrected chi connectivity index (χ3v) is 8.18. The van der Waals surface area contributed by atoms with E-state index in [9.17, 15) is 0 Å². The van der Waals surface area contributed by atoms with Crippen LogP contribution in [0.5, 0.6) is 0 Å². The molecule has 5 fully saturated rings. The highest BCUT2D eigenvalue weighted by molar-refractivity contribution is 7.80. The molecule has 4 aliphatic carbocycles. The smallest absolute Gasteiger partial charge is 0.173 e. The van der Waals surface area contributed by atoms with E-state index in [0.717, 1.165) is 53.6 Å². The SMILES string of the molecule is Cc1ccc(NC(=S)N2CCN(C3C4CC5CC(C4)CC3C5)CC2)c(C)c1. The lowest BCUT2D eigenvalue weighted by molar-refractivity contribution is -0.0726. The van der Waals surface area contributed by atoms with Gasteiger partial charge in [0.15, 0.2) is 5.11 Å². The summed E-state index contributed by atoms with van der Waals surface area (Å²) in [6.45, 7) is 8.79. The summed E-state index contributed by atoms with van der Waals surface area (Å²) in [5.41, 5.74) is 3.71. The predicted octanol–water partition coefficient (Wildman–Crippen LogP) is 4.44. The first-order chi connectivity index (χ1) is 13.1. The molecule has 146 valence electrons. The zero-order chi connectivity index (χ0) is 18.5. The lowest BCUT2D eigenvalue weighted by Gasteiger charge is -2.58. The van der Waals surface area contributed by atoms with Crippen molar-refractivity contribution in [2.75, 3.05) is 31.5 Å². The Morgan fingerprint density at radius 2 is 1.56 bits per heavy atom. The van der Waals surface area contributed by atoms with Crippen LogP contribution in [0.1, 0.15) is 43.2 Å². The van der Waals surface area contributed by atoms with E-state index >= 15 is 0 Å². The molecule has 4 heteroatoms. The van der Waals surface area contributed by atoms with E-state index in [4.69, 9.17) is 12.2 Å². The summed E-state index contributed by atoms with van der Waals surface area (Å²) in [6, 6.07) is 7.40. The topological polar surface area (TPSA) is 18.5 Å². The first-order valence-corrected chi connectivity index (χ1v) is 11.3. The monoisotopic (exact) mass is 383 g/mol. The lowest BCUT2D eigenvalue weighted by atomic mass is 9.54. The number of aryl methyl sites for hydroxylation is 2. The van der Waals surface area contributed by atoms with Crippen molar-refractivity contribution in [1.29, 1.82) is 0 Å². The Kier molecular flexibility index (Phi) is 4.68. The largest absolute Gasteiger partial charge is 0.346 e. The van der Waals surface area contributed by atoms with Crippen LogP contribution in [0.3, 0.4) is 0 Å². The minimum Gasteiger partial charge on any atom is -0.346 e. The Hall–Kier alpha value is -1.13. The van der Waals surface area contributed by atoms with Gasteiger partial charge >= 0.3 is 0 Å². The Bertz CT molecular complexity index is 694. The Morgan fingerprint density at radius 1 is 0.926 bits per heavy atom. The third kappa shape index (κ3) is 3.40. The molecule has 0 aromatic heterocycles. The number of anilines is 1. The quantitative estimate of drug-likeness (QED) is 0.761. The van der Waals surface area contributed by atoms with Crippen LogP contribution in [0.25, 0.3) is 0 Å². The van der Waals surface area contributed by atoms with Gasteiger partial charge in [-0.05, 0) is 93.5 Å². The number of benzene rings is 1. The summed E-state index contributed by atoms with van der Waals surface area (Å²) >= 11 is 5.74. The fourth-order valence-corrected chi connectivity index (χ4v) is 7.16. The molecule has 4 saturated carbocycles. The minimum atomic E-state index is 0.876. The zero-order valence-electron chi connectivity index (χ0n) is 16.8. The van der Waals surface area contributed by atoms with Crippen molar-refractivity contribution in [3.8, 4) is 0 Å². The predicted molar refractivity (Wildman–Crippen MR) is 116 cm³/mol. The van der Waals surface area contributed by atoms with Gasteiger partial charge in [-0.15, -0.1) is 0 Å². The van der Waals surface area contributed by atoms with Crippen LogP contribution in [0.2, 0.25) is 0 Å². The van der Waals surface area contributed by atoms with E-state index in [1.807, 2.05) is 0 Å². The number of thiocarbonyl (C=S) groups is 1. The van der Waals surface area contributed by atoms with Gasteiger partial charge in [-0.2, -0.15) is 0 Å². The van der Waals surface area contributed by atoms with E-state index in [-0.39, 0.29) is 0 Å². The standard InChI is InChI=1S/C23H33N3S/c1-15-3-4-21(16(2)9-15)24-23(27)26-7-5-25(6-8-26)22-19-11-17-10-18(13-19)14-20(22)12-17/h3-4,9,17-20,22H,5-8,10-14H2,1-2H3,(H,24,27). The first-order valence-electron chi connectivity index (χ1n) is 10.9. The van der Waals surface area contributed by atoms with Crippen molar-refractivity contribution in [3.05, 3.63) is 29.3 Å². The molecule has 0 spiro atoms. The number of piperazine rings is 1. The molecule has 0 radical (unpaired) electrons. The highest BCUT2D eigenvalue weighted by atomic mass is 32.1. The number of nitrogens with one attached hydrogen (secondary N) is 1. The molecule has 1 N–H and O–H groups in total. The summed E-state index contributed by atoms with van der Waals surface area (Å²) in [5.74, 6) is 4.13. The van der Waals surface area contributed by atoms with Crippen LogP contribution >= 0.6 is 12.2 Å². The van der Waals surface area contributed by atoms with Gasteiger partial charge in [-0.25, -0.2) is 0 Å². The summed E-state index contributed by atoms with van der Waals surface area (Å²) < 4.78 is 0. The second-order valence-electron chi connectivity index (χ2n) is 9.69. The van der Waals surface area contributed by atoms with Crippen molar-refractivity contribution >= 4 is 23.0 Å². The van der Waals surface area contributed by atoms with Gasteiger partial charge in [0, 0.05) is 37.9 Å². The minimum absolute atomic E-state index is 0.876. The molecule has 0 amide bonds. The van der Waals surface area contributed by atoms with Crippen LogP contribution < -0.4 is 5.32 Å². The summed E-state index contributed by atoms with van der Waals surface area (Å²) in [7, 11) is 0. The van der Waals surface area contributed by atoms with E-state index in [1.54, 1.807) is 6.42 Å². The highest BCUT2D eigenvalue weighted by Crippen LogP contribution is 2.55. The van der Waals surface area contributed by atoms with Gasteiger partial charge in [-0.3, -0.25) is 4.90 Å². The third-order valence-electron chi connectivity index (χ3n) is 7.82. The van der Waals surface area contributed by atoms with Crippen LogP contribution in [-0.2, 0) is 0 Å². The number of hydrogen-bond donors (Lipinski definition) is 1. The second-order valence-corrected chi connectivity index (χ2v) is 10.1. The molecule has 0 unspecified atom stereocenters. The maximum absolute atomic E-state index is 5.74. The van der Waals surface area contributed by atoms with Gasteiger partial charge in [0.25, 0.3) is 0 Å². The molecule has 1 heterocycles. The Balaban J connectivity index is 1.19. The number of nitrogens with zero attached hydrogens (tertiary/aromatic N) is 2. The average molecular weight is 384 g/mol. The summed E-state index contributed by atoms with van der Waals surface area (Å²) in [6.07, 6.45) is 7.62. The maximum atomic E-state index is 5.74. The van der Waals surface area contributed by atoms with Crippen LogP contribution in [0, 0.1) is 37.5 Å². The molecule has 3 nitrogen and oxygen atoms in total. The van der Waals surface area contributed by atoms with Crippen LogP contribution in [0.15, 0.2) is 18.2 Å². The normalized spacial score (nSPS) is 35.5. The van der Waals surface area contributed by atoms with Gasteiger partial charge < -0.3 is 10.2 Å². The van der Waals surface area contributed by atoms with Gasteiger partial charge in [0.2, 0.25) is 0 Å². The molecular formula is C23H33N3S. The van der Waals surface area contributed by atoms with Crippen molar-refractivity contribution in [2.45, 2.75) is 52.0 Å². The van der Waals surface area contributed by atoms with E-state index in [2.05, 4.69) is 47.2 Å². The number of hydrogen-bond acceptors (Lipinski definition) is 2. The van der Waals surface area contributed by atoms with Crippen molar-refractivity contribution in [3.63, 3.8) is 0 Å². The van der Waals surface area contributed by atoms with Crippen LogP contribution in [0.4, 0.5) is 5.69 Å². The lowest BCUT2D eigenvalue weighted by Crippen LogP contribution is -2.60. The summed E-state index contributed by atoms with van der Waals surface area (Å²) in [5, 5.41) is 4.39. The van der Waals surface area contributed by atoms with E-state index in [0.29, 0.717) is 0 Å². The molecule has 5 aliphatic rings. The summed E-state index contributed by atoms with van der Waals surface area (Å²) in [4.78, 5) is 5.21. The van der Waals surface area contributed by atoms with Crippen LogP contribution in [-0.4, -0.2) is 47.1 Å². The van der Waals surface area contributed by atoms with Crippen molar-refractivity contribution in [1.82, 2.24) is 9.80 Å². The molecule has 1 aromatic carbocycles. The van der Waals surface area contributed by atoms with E-state index in [1.165, 1.54) is 49.9 Å². The van der Waals surface area contributed by atoms with Gasteiger partial charge in [-0.1, -0.05) is 17.7 Å². The fraction of sp³-hybridized carbons (Fsp3) is 0.696. The molecule has 1 aromatic rings. The maximum Gasteiger partial charge on any atom is 0.173 e. The van der Waals surface area contributed by atoms with Gasteiger partial charge in [0.1, 0.15) is 0 Å². The molecule has 27 heavy (non-hydrogen) atoms. The highest BCUT2D eigenvalue weighted by Gasteiger charge is 2.50. The zero-order valence-corrected chi connectivity index (χ0v) is 17.6.